The summed E-state index contributed by atoms with van der Waals surface area (Å²) in [6.45, 7) is 0.813. The third kappa shape index (κ3) is 3.14. The number of aliphatic hydroxyl groups excluding tert-OH is 1. The molecule has 27 heavy (non-hydrogen) atoms. The van der Waals surface area contributed by atoms with E-state index in [0.29, 0.717) is 12.2 Å². The average molecular weight is 371 g/mol. The predicted molar refractivity (Wildman–Crippen MR) is 92.5 cm³/mol. The average Bonchev–Trinajstić information content (AvgIpc) is 3.40. The highest BCUT2D eigenvalue weighted by Gasteiger charge is 2.45. The minimum Gasteiger partial charge on any atom is -0.503 e. The molecule has 1 amide bonds. The zero-order chi connectivity index (χ0) is 19.0. The molecule has 1 fully saturated rings. The number of hydrogen-bond acceptors (Lipinski definition) is 5. The molecule has 0 unspecified atom stereocenters. The van der Waals surface area contributed by atoms with E-state index in [1.165, 1.54) is 35.4 Å². The molecule has 2 atom stereocenters. The smallest absolute Gasteiger partial charge is 0.290 e. The Balaban J connectivity index is 1.76. The Labute approximate surface area is 154 Å². The molecule has 1 aromatic carbocycles. The Morgan fingerprint density at radius 2 is 2.15 bits per heavy atom. The Kier molecular flexibility index (Phi) is 4.53. The first-order valence-corrected chi connectivity index (χ1v) is 8.75. The SMILES string of the molecule is O=C(C1=C(O)C(=O)N(C[C@H]2CCCO2)[C@H]1c1cccc(F)c1)c1ccco1. The maximum Gasteiger partial charge on any atom is 0.290 e. The van der Waals surface area contributed by atoms with Crippen molar-refractivity contribution in [1.29, 1.82) is 0 Å². The topological polar surface area (TPSA) is 80.0 Å². The van der Waals surface area contributed by atoms with Crippen molar-refractivity contribution in [3.05, 3.63) is 71.1 Å². The number of ether oxygens (including phenoxy) is 1. The van der Waals surface area contributed by atoms with Crippen LogP contribution in [0, 0.1) is 5.82 Å². The van der Waals surface area contributed by atoms with E-state index in [1.807, 2.05) is 0 Å². The number of amides is 1. The second-order valence-corrected chi connectivity index (χ2v) is 6.62. The monoisotopic (exact) mass is 371 g/mol. The number of rotatable bonds is 5. The Bertz CT molecular complexity index is 899. The molecule has 3 heterocycles. The van der Waals surface area contributed by atoms with Crippen LogP contribution in [0.5, 0.6) is 0 Å². The van der Waals surface area contributed by atoms with Crippen LogP contribution in [-0.2, 0) is 9.53 Å². The first-order chi connectivity index (χ1) is 13.1. The van der Waals surface area contributed by atoms with E-state index in [0.717, 1.165) is 12.8 Å². The number of halogens is 1. The zero-order valence-electron chi connectivity index (χ0n) is 14.4. The van der Waals surface area contributed by atoms with E-state index in [2.05, 4.69) is 0 Å². The maximum atomic E-state index is 13.8. The number of ketones is 1. The summed E-state index contributed by atoms with van der Waals surface area (Å²) in [6.07, 6.45) is 2.82. The molecular formula is C20H18FNO5. The number of carbonyl (C=O) groups is 2. The van der Waals surface area contributed by atoms with Gasteiger partial charge in [-0.25, -0.2) is 4.39 Å². The van der Waals surface area contributed by atoms with Crippen molar-refractivity contribution in [2.24, 2.45) is 0 Å². The van der Waals surface area contributed by atoms with Gasteiger partial charge >= 0.3 is 0 Å². The highest BCUT2D eigenvalue weighted by molar-refractivity contribution is 6.15. The number of nitrogens with zero attached hydrogens (tertiary/aromatic N) is 1. The first-order valence-electron chi connectivity index (χ1n) is 8.75. The van der Waals surface area contributed by atoms with E-state index in [1.54, 1.807) is 12.1 Å². The van der Waals surface area contributed by atoms with E-state index < -0.39 is 29.3 Å². The van der Waals surface area contributed by atoms with Gasteiger partial charge in [0, 0.05) is 13.2 Å². The van der Waals surface area contributed by atoms with Gasteiger partial charge in [0.25, 0.3) is 5.91 Å². The Hall–Kier alpha value is -2.93. The van der Waals surface area contributed by atoms with Crippen LogP contribution >= 0.6 is 0 Å². The Morgan fingerprint density at radius 1 is 1.30 bits per heavy atom. The summed E-state index contributed by atoms with van der Waals surface area (Å²) in [5.41, 5.74) is 0.291. The number of Topliss-reactive ketones (excluding diaryl/α,β-unsaturated/α-hetero) is 1. The van der Waals surface area contributed by atoms with Crippen LogP contribution in [0.2, 0.25) is 0 Å². The van der Waals surface area contributed by atoms with Gasteiger partial charge in [0.05, 0.1) is 24.0 Å². The van der Waals surface area contributed by atoms with Crippen molar-refractivity contribution >= 4 is 11.7 Å². The lowest BCUT2D eigenvalue weighted by atomic mass is 9.95. The molecule has 0 aliphatic carbocycles. The number of benzene rings is 1. The molecule has 2 aromatic rings. The molecule has 0 saturated carbocycles. The standard InChI is InChI=1S/C20H18FNO5/c21-13-5-1-4-12(10-13)17-16(18(23)15-7-3-9-27-15)19(24)20(25)22(17)11-14-6-2-8-26-14/h1,3-5,7,9-10,14,17,24H,2,6,8,11H2/t14-,17+/m1/s1. The van der Waals surface area contributed by atoms with Gasteiger partial charge in [0.1, 0.15) is 5.82 Å². The summed E-state index contributed by atoms with van der Waals surface area (Å²) in [4.78, 5) is 27.0. The van der Waals surface area contributed by atoms with Crippen molar-refractivity contribution in [3.8, 4) is 0 Å². The van der Waals surface area contributed by atoms with Crippen molar-refractivity contribution in [2.45, 2.75) is 25.0 Å². The fourth-order valence-electron chi connectivity index (χ4n) is 3.65. The van der Waals surface area contributed by atoms with E-state index in [9.17, 15) is 19.1 Å². The Morgan fingerprint density at radius 3 is 2.81 bits per heavy atom. The van der Waals surface area contributed by atoms with Gasteiger partial charge in [-0.15, -0.1) is 0 Å². The van der Waals surface area contributed by atoms with Crippen molar-refractivity contribution in [1.82, 2.24) is 4.90 Å². The normalized spacial score (nSPS) is 22.7. The minimum absolute atomic E-state index is 0.00437. The highest BCUT2D eigenvalue weighted by atomic mass is 19.1. The van der Waals surface area contributed by atoms with Crippen LogP contribution in [0.1, 0.15) is 35.0 Å². The molecule has 140 valence electrons. The maximum absolute atomic E-state index is 13.8. The predicted octanol–water partition coefficient (Wildman–Crippen LogP) is 3.18. The minimum atomic E-state index is -0.907. The molecule has 0 spiro atoms. The summed E-state index contributed by atoms with van der Waals surface area (Å²) in [6, 6.07) is 7.76. The molecule has 1 saturated heterocycles. The molecule has 2 aliphatic heterocycles. The molecule has 0 radical (unpaired) electrons. The lowest BCUT2D eigenvalue weighted by Gasteiger charge is -2.28. The van der Waals surface area contributed by atoms with Gasteiger partial charge in [0.2, 0.25) is 5.78 Å². The summed E-state index contributed by atoms with van der Waals surface area (Å²) >= 11 is 0. The molecule has 0 bridgehead atoms. The van der Waals surface area contributed by atoms with Crippen molar-refractivity contribution < 1.29 is 28.2 Å². The lowest BCUT2D eigenvalue weighted by Crippen LogP contribution is -2.37. The van der Waals surface area contributed by atoms with Crippen molar-refractivity contribution in [2.75, 3.05) is 13.2 Å². The van der Waals surface area contributed by atoms with Gasteiger partial charge in [-0.1, -0.05) is 12.1 Å². The van der Waals surface area contributed by atoms with E-state index in [4.69, 9.17) is 9.15 Å². The molecule has 1 N–H and O–H groups in total. The molecule has 1 aromatic heterocycles. The number of furan rings is 1. The van der Waals surface area contributed by atoms with Gasteiger partial charge in [-0.2, -0.15) is 0 Å². The van der Waals surface area contributed by atoms with Crippen LogP contribution in [0.3, 0.4) is 0 Å². The van der Waals surface area contributed by atoms with Gasteiger partial charge < -0.3 is 19.2 Å². The van der Waals surface area contributed by atoms with Gasteiger partial charge in [-0.05, 0) is 42.7 Å². The highest BCUT2D eigenvalue weighted by Crippen LogP contribution is 2.39. The molecular weight excluding hydrogens is 353 g/mol. The lowest BCUT2D eigenvalue weighted by molar-refractivity contribution is -0.131. The summed E-state index contributed by atoms with van der Waals surface area (Å²) < 4.78 is 24.6. The molecule has 7 heteroatoms. The van der Waals surface area contributed by atoms with Crippen LogP contribution in [0.4, 0.5) is 4.39 Å². The number of hydrogen-bond donors (Lipinski definition) is 1. The largest absolute Gasteiger partial charge is 0.503 e. The number of carbonyl (C=O) groups excluding carboxylic acids is 2. The fourth-order valence-corrected chi connectivity index (χ4v) is 3.65. The van der Waals surface area contributed by atoms with Crippen LogP contribution in [-0.4, -0.2) is 41.0 Å². The third-order valence-corrected chi connectivity index (χ3v) is 4.88. The van der Waals surface area contributed by atoms with Crippen LogP contribution in [0.25, 0.3) is 0 Å². The van der Waals surface area contributed by atoms with E-state index in [-0.39, 0.29) is 24.0 Å². The van der Waals surface area contributed by atoms with E-state index >= 15 is 0 Å². The number of aliphatic hydroxyl groups is 1. The molecule has 6 nitrogen and oxygen atoms in total. The van der Waals surface area contributed by atoms with Gasteiger partial charge in [0.15, 0.2) is 11.5 Å². The second kappa shape index (κ2) is 7.00. The third-order valence-electron chi connectivity index (χ3n) is 4.88. The van der Waals surface area contributed by atoms with Crippen molar-refractivity contribution in [3.63, 3.8) is 0 Å². The molecule has 4 rings (SSSR count). The summed E-state index contributed by atoms with van der Waals surface area (Å²) in [5.74, 6) is -2.40. The first kappa shape index (κ1) is 17.5. The van der Waals surface area contributed by atoms with Crippen LogP contribution in [0.15, 0.2) is 58.4 Å². The second-order valence-electron chi connectivity index (χ2n) is 6.62. The van der Waals surface area contributed by atoms with Crippen LogP contribution < -0.4 is 0 Å². The molecule has 2 aliphatic rings. The summed E-state index contributed by atoms with van der Waals surface area (Å²) in [7, 11) is 0. The summed E-state index contributed by atoms with van der Waals surface area (Å²) in [5, 5.41) is 10.5. The quantitative estimate of drug-likeness (QED) is 0.817. The fraction of sp³-hybridized carbons (Fsp3) is 0.300. The zero-order valence-corrected chi connectivity index (χ0v) is 14.4. The van der Waals surface area contributed by atoms with Gasteiger partial charge in [-0.3, -0.25) is 9.59 Å².